The molecule has 162 valence electrons. The molecular formula is C21H33ClFN5O. The minimum atomic E-state index is -0.337. The summed E-state index contributed by atoms with van der Waals surface area (Å²) < 4.78 is 13.4. The molecule has 0 unspecified atom stereocenters. The van der Waals surface area contributed by atoms with Gasteiger partial charge in [0.2, 0.25) is 5.91 Å². The molecule has 0 radical (unpaired) electrons. The molecule has 8 heteroatoms. The second-order valence-electron chi connectivity index (χ2n) is 8.07. The van der Waals surface area contributed by atoms with Crippen LogP contribution in [0.1, 0.15) is 39.2 Å². The van der Waals surface area contributed by atoms with E-state index in [0.717, 1.165) is 44.0 Å². The van der Waals surface area contributed by atoms with E-state index in [4.69, 9.17) is 16.6 Å². The Balaban J connectivity index is 1.96. The van der Waals surface area contributed by atoms with E-state index in [9.17, 15) is 9.18 Å². The van der Waals surface area contributed by atoms with Gasteiger partial charge in [0, 0.05) is 43.2 Å². The molecule has 1 aromatic carbocycles. The van der Waals surface area contributed by atoms with Crippen molar-refractivity contribution in [3.63, 3.8) is 0 Å². The van der Waals surface area contributed by atoms with Gasteiger partial charge >= 0.3 is 0 Å². The van der Waals surface area contributed by atoms with Crippen molar-refractivity contribution in [1.29, 1.82) is 0 Å². The van der Waals surface area contributed by atoms with Gasteiger partial charge < -0.3 is 16.0 Å². The number of likely N-dealkylation sites (tertiary alicyclic amines) is 1. The number of carbonyl (C=O) groups excluding carboxylic acids is 1. The van der Waals surface area contributed by atoms with E-state index in [1.807, 2.05) is 6.92 Å². The Morgan fingerprint density at radius 1 is 1.34 bits per heavy atom. The van der Waals surface area contributed by atoms with Crippen LogP contribution in [0.3, 0.4) is 0 Å². The molecule has 1 heterocycles. The molecule has 1 fully saturated rings. The number of piperidine rings is 1. The zero-order valence-electron chi connectivity index (χ0n) is 17.8. The number of nitrogens with one attached hydrogen (secondary N) is 3. The summed E-state index contributed by atoms with van der Waals surface area (Å²) in [6.07, 6.45) is 1.91. The molecule has 1 saturated heterocycles. The zero-order chi connectivity index (χ0) is 21.4. The lowest BCUT2D eigenvalue weighted by Gasteiger charge is -2.33. The van der Waals surface area contributed by atoms with Crippen molar-refractivity contribution in [3.05, 3.63) is 34.6 Å². The lowest BCUT2D eigenvalue weighted by molar-refractivity contribution is -0.122. The molecule has 3 N–H and O–H groups in total. The van der Waals surface area contributed by atoms with Crippen molar-refractivity contribution < 1.29 is 9.18 Å². The average molecular weight is 426 g/mol. The number of benzene rings is 1. The van der Waals surface area contributed by atoms with Crippen LogP contribution in [0, 0.1) is 5.82 Å². The number of hydrogen-bond donors (Lipinski definition) is 3. The summed E-state index contributed by atoms with van der Waals surface area (Å²) in [5.41, 5.74) is 0.548. The summed E-state index contributed by atoms with van der Waals surface area (Å²) in [4.78, 5) is 18.5. The predicted molar refractivity (Wildman–Crippen MR) is 117 cm³/mol. The summed E-state index contributed by atoms with van der Waals surface area (Å²) in [6.45, 7) is 9.62. The number of nitrogens with zero attached hydrogens (tertiary/aromatic N) is 2. The second kappa shape index (κ2) is 10.8. The third kappa shape index (κ3) is 7.16. The third-order valence-corrected chi connectivity index (χ3v) is 5.52. The van der Waals surface area contributed by atoms with Gasteiger partial charge in [-0.1, -0.05) is 31.5 Å². The van der Waals surface area contributed by atoms with E-state index in [1.165, 1.54) is 12.1 Å². The van der Waals surface area contributed by atoms with Crippen LogP contribution in [0.5, 0.6) is 0 Å². The van der Waals surface area contributed by atoms with Crippen LogP contribution in [0.15, 0.2) is 23.2 Å². The van der Waals surface area contributed by atoms with E-state index in [0.29, 0.717) is 24.2 Å². The Kier molecular flexibility index (Phi) is 8.71. The number of likely N-dealkylation sites (N-methyl/N-ethyl adjacent to an activating group) is 1. The summed E-state index contributed by atoms with van der Waals surface area (Å²) in [5, 5.41) is 9.90. The van der Waals surface area contributed by atoms with Crippen LogP contribution in [0.25, 0.3) is 0 Å². The lowest BCUT2D eigenvalue weighted by Crippen LogP contribution is -2.50. The van der Waals surface area contributed by atoms with Crippen molar-refractivity contribution in [3.8, 4) is 0 Å². The molecule has 6 nitrogen and oxygen atoms in total. The summed E-state index contributed by atoms with van der Waals surface area (Å²) in [5.74, 6) is 0.479. The fourth-order valence-electron chi connectivity index (χ4n) is 3.43. The van der Waals surface area contributed by atoms with Gasteiger partial charge in [0.25, 0.3) is 0 Å². The Labute approximate surface area is 178 Å². The normalized spacial score (nSPS) is 16.6. The Morgan fingerprint density at radius 3 is 2.62 bits per heavy atom. The van der Waals surface area contributed by atoms with Crippen LogP contribution < -0.4 is 16.0 Å². The molecular weight excluding hydrogens is 393 g/mol. The fraction of sp³-hybridized carbons (Fsp3) is 0.619. The Bertz CT molecular complexity index is 717. The monoisotopic (exact) mass is 425 g/mol. The highest BCUT2D eigenvalue weighted by atomic mass is 35.5. The van der Waals surface area contributed by atoms with E-state index < -0.39 is 0 Å². The van der Waals surface area contributed by atoms with Crippen LogP contribution >= 0.6 is 11.6 Å². The van der Waals surface area contributed by atoms with Crippen LogP contribution in [0.4, 0.5) is 4.39 Å². The highest BCUT2D eigenvalue weighted by Gasteiger charge is 2.25. The van der Waals surface area contributed by atoms with Crippen molar-refractivity contribution in [2.45, 2.75) is 45.1 Å². The van der Waals surface area contributed by atoms with E-state index >= 15 is 0 Å². The van der Waals surface area contributed by atoms with Gasteiger partial charge in [0.1, 0.15) is 5.82 Å². The summed E-state index contributed by atoms with van der Waals surface area (Å²) in [6, 6.07) is 4.82. The standard InChI is InChI=1S/C21H33ClFN5O/c1-5-25-20(27-16-8-10-28(11-9-16)13-19(29)24-4)26-14-21(2,3)17-7-6-15(23)12-18(17)22/h6-7,12,16H,5,8-11,13-14H2,1-4H3,(H,24,29)(H2,25,26,27). The number of amides is 1. The number of rotatable bonds is 7. The summed E-state index contributed by atoms with van der Waals surface area (Å²) >= 11 is 6.25. The smallest absolute Gasteiger partial charge is 0.233 e. The molecule has 1 aromatic rings. The molecule has 2 rings (SSSR count). The van der Waals surface area contributed by atoms with Crippen molar-refractivity contribution in [1.82, 2.24) is 20.9 Å². The fourth-order valence-corrected chi connectivity index (χ4v) is 3.85. The molecule has 0 bridgehead atoms. The number of aliphatic imine (C=N–C) groups is 1. The molecule has 29 heavy (non-hydrogen) atoms. The van der Waals surface area contributed by atoms with Gasteiger partial charge in [0.05, 0.1) is 13.1 Å². The SMILES string of the molecule is CCNC(=NCC(C)(C)c1ccc(F)cc1Cl)NC1CCN(CC(=O)NC)CC1. The average Bonchev–Trinajstić information content (AvgIpc) is 2.67. The van der Waals surface area contributed by atoms with E-state index in [1.54, 1.807) is 13.1 Å². The van der Waals surface area contributed by atoms with Gasteiger partial charge in [-0.3, -0.25) is 14.7 Å². The maximum atomic E-state index is 13.4. The highest BCUT2D eigenvalue weighted by molar-refractivity contribution is 6.31. The summed E-state index contributed by atoms with van der Waals surface area (Å²) in [7, 11) is 1.66. The molecule has 0 aromatic heterocycles. The number of guanidine groups is 1. The number of carbonyl (C=O) groups is 1. The minimum Gasteiger partial charge on any atom is -0.358 e. The van der Waals surface area contributed by atoms with Gasteiger partial charge in [-0.05, 0) is 37.5 Å². The van der Waals surface area contributed by atoms with Gasteiger partial charge in [-0.2, -0.15) is 0 Å². The first-order chi connectivity index (χ1) is 13.7. The largest absolute Gasteiger partial charge is 0.358 e. The van der Waals surface area contributed by atoms with Crippen LogP contribution in [-0.4, -0.2) is 62.6 Å². The second-order valence-corrected chi connectivity index (χ2v) is 8.48. The van der Waals surface area contributed by atoms with Gasteiger partial charge in [0.15, 0.2) is 5.96 Å². The van der Waals surface area contributed by atoms with Crippen molar-refractivity contribution in [2.75, 3.05) is 39.8 Å². The predicted octanol–water partition coefficient (Wildman–Crippen LogP) is 2.52. The number of halogens is 2. The molecule has 0 saturated carbocycles. The highest BCUT2D eigenvalue weighted by Crippen LogP contribution is 2.30. The lowest BCUT2D eigenvalue weighted by atomic mass is 9.84. The molecule has 1 amide bonds. The first kappa shape index (κ1) is 23.4. The maximum Gasteiger partial charge on any atom is 0.233 e. The zero-order valence-corrected chi connectivity index (χ0v) is 18.6. The molecule has 1 aliphatic heterocycles. The molecule has 0 spiro atoms. The topological polar surface area (TPSA) is 68.8 Å². The molecule has 0 aliphatic carbocycles. The van der Waals surface area contributed by atoms with E-state index in [-0.39, 0.29) is 17.1 Å². The first-order valence-electron chi connectivity index (χ1n) is 10.2. The number of hydrogen-bond acceptors (Lipinski definition) is 3. The van der Waals surface area contributed by atoms with E-state index in [2.05, 4.69) is 34.7 Å². The third-order valence-electron chi connectivity index (χ3n) is 5.21. The van der Waals surface area contributed by atoms with Crippen LogP contribution in [-0.2, 0) is 10.2 Å². The molecule has 1 aliphatic rings. The Morgan fingerprint density at radius 2 is 2.03 bits per heavy atom. The van der Waals surface area contributed by atoms with Gasteiger partial charge in [-0.15, -0.1) is 0 Å². The first-order valence-corrected chi connectivity index (χ1v) is 10.6. The van der Waals surface area contributed by atoms with Gasteiger partial charge in [-0.25, -0.2) is 4.39 Å². The quantitative estimate of drug-likeness (QED) is 0.464. The van der Waals surface area contributed by atoms with Crippen molar-refractivity contribution in [2.24, 2.45) is 4.99 Å². The molecule has 0 atom stereocenters. The minimum absolute atomic E-state index is 0.0491. The van der Waals surface area contributed by atoms with Crippen LogP contribution in [0.2, 0.25) is 5.02 Å². The Hall–Kier alpha value is -1.86. The maximum absolute atomic E-state index is 13.4. The van der Waals surface area contributed by atoms with Crippen molar-refractivity contribution >= 4 is 23.5 Å².